The normalized spacial score (nSPS) is 18.6. The first kappa shape index (κ1) is 17.2. The molecule has 2 aromatic rings. The number of benzene rings is 1. The summed E-state index contributed by atoms with van der Waals surface area (Å²) in [5.41, 5.74) is 1.21. The zero-order valence-electron chi connectivity index (χ0n) is 14.5. The quantitative estimate of drug-likeness (QED) is 0.869. The highest BCUT2D eigenvalue weighted by Gasteiger charge is 2.51. The van der Waals surface area contributed by atoms with Crippen molar-refractivity contribution >= 4 is 29.8 Å². The van der Waals surface area contributed by atoms with Gasteiger partial charge in [0.2, 0.25) is 0 Å². The molecule has 1 aromatic heterocycles. The fraction of sp³-hybridized carbons (Fsp3) is 0.389. The zero-order chi connectivity index (χ0) is 17.4. The molecule has 0 bridgehead atoms. The van der Waals surface area contributed by atoms with Gasteiger partial charge in [-0.3, -0.25) is 4.79 Å². The van der Waals surface area contributed by atoms with Gasteiger partial charge in [-0.25, -0.2) is 0 Å². The van der Waals surface area contributed by atoms with E-state index in [1.54, 1.807) is 0 Å². The first-order valence-electron chi connectivity index (χ1n) is 8.05. The highest BCUT2D eigenvalue weighted by molar-refractivity contribution is 7.13. The summed E-state index contributed by atoms with van der Waals surface area (Å²) in [7, 11) is -0.429. The number of rotatable bonds is 4. The molecular formula is C18H22BNO3S. The third-order valence-corrected chi connectivity index (χ3v) is 5.61. The molecule has 1 aliphatic rings. The lowest BCUT2D eigenvalue weighted by Crippen LogP contribution is -2.41. The van der Waals surface area contributed by atoms with Crippen LogP contribution in [0.1, 0.15) is 42.9 Å². The second-order valence-electron chi connectivity index (χ2n) is 7.00. The van der Waals surface area contributed by atoms with Crippen molar-refractivity contribution in [1.29, 1.82) is 0 Å². The highest BCUT2D eigenvalue weighted by Crippen LogP contribution is 2.36. The maximum Gasteiger partial charge on any atom is 0.495 e. The average Bonchev–Trinajstić information content (AvgIpc) is 3.09. The molecule has 1 aromatic carbocycles. The minimum atomic E-state index is -0.429. The van der Waals surface area contributed by atoms with Crippen LogP contribution in [0.2, 0.25) is 0 Å². The average molecular weight is 343 g/mol. The van der Waals surface area contributed by atoms with E-state index in [0.717, 1.165) is 11.0 Å². The van der Waals surface area contributed by atoms with E-state index in [2.05, 4.69) is 5.32 Å². The Morgan fingerprint density at radius 2 is 1.75 bits per heavy atom. The molecule has 2 heterocycles. The third kappa shape index (κ3) is 3.41. The summed E-state index contributed by atoms with van der Waals surface area (Å²) >= 11 is 1.41. The summed E-state index contributed by atoms with van der Waals surface area (Å²) in [4.78, 5) is 13.0. The van der Waals surface area contributed by atoms with Crippen molar-refractivity contribution in [3.05, 3.63) is 52.2 Å². The monoisotopic (exact) mass is 343 g/mol. The van der Waals surface area contributed by atoms with Crippen LogP contribution in [-0.4, -0.2) is 24.2 Å². The molecule has 4 nitrogen and oxygen atoms in total. The lowest BCUT2D eigenvalue weighted by Gasteiger charge is -2.32. The van der Waals surface area contributed by atoms with Crippen molar-refractivity contribution in [2.45, 2.75) is 45.4 Å². The first-order valence-corrected chi connectivity index (χ1v) is 8.93. The number of carbonyl (C=O) groups is 1. The van der Waals surface area contributed by atoms with Gasteiger partial charge in [0.15, 0.2) is 0 Å². The van der Waals surface area contributed by atoms with Gasteiger partial charge in [0.05, 0.1) is 16.1 Å². The summed E-state index contributed by atoms with van der Waals surface area (Å²) in [5, 5.41) is 4.87. The first-order chi connectivity index (χ1) is 11.3. The zero-order valence-corrected chi connectivity index (χ0v) is 15.3. The summed E-state index contributed by atoms with van der Waals surface area (Å²) in [5.74, 6) is -0.0772. The Morgan fingerprint density at radius 3 is 2.38 bits per heavy atom. The van der Waals surface area contributed by atoms with Crippen LogP contribution in [0, 0.1) is 0 Å². The molecule has 0 radical (unpaired) electrons. The standard InChI is InChI=1S/C18H22BNO3S/c1-17(2)18(3,4)23-19(22-17)14-10-15(24-12-14)16(21)20-11-13-8-6-5-7-9-13/h5-10,12H,11H2,1-4H3,(H,20,21). The Bertz CT molecular complexity index is 711. The minimum Gasteiger partial charge on any atom is -0.399 e. The summed E-state index contributed by atoms with van der Waals surface area (Å²) in [6.45, 7) is 8.60. The van der Waals surface area contributed by atoms with Gasteiger partial charge >= 0.3 is 7.12 Å². The summed E-state index contributed by atoms with van der Waals surface area (Å²) in [6, 6.07) is 11.7. The fourth-order valence-corrected chi connectivity index (χ4v) is 3.26. The molecule has 1 N–H and O–H groups in total. The van der Waals surface area contributed by atoms with Gasteiger partial charge in [0.1, 0.15) is 0 Å². The van der Waals surface area contributed by atoms with E-state index in [0.29, 0.717) is 11.4 Å². The molecule has 3 rings (SSSR count). The Morgan fingerprint density at radius 1 is 1.12 bits per heavy atom. The van der Waals surface area contributed by atoms with E-state index < -0.39 is 7.12 Å². The molecule has 1 aliphatic heterocycles. The van der Waals surface area contributed by atoms with Gasteiger partial charge in [0, 0.05) is 6.54 Å². The highest BCUT2D eigenvalue weighted by atomic mass is 32.1. The lowest BCUT2D eigenvalue weighted by molar-refractivity contribution is 0.00578. The van der Waals surface area contributed by atoms with E-state index in [1.165, 1.54) is 11.3 Å². The Labute approximate surface area is 147 Å². The summed E-state index contributed by atoms with van der Waals surface area (Å²) < 4.78 is 12.1. The van der Waals surface area contributed by atoms with Crippen molar-refractivity contribution in [2.24, 2.45) is 0 Å². The van der Waals surface area contributed by atoms with E-state index in [1.807, 2.05) is 69.5 Å². The van der Waals surface area contributed by atoms with Crippen molar-refractivity contribution in [3.63, 3.8) is 0 Å². The number of carbonyl (C=O) groups excluding carboxylic acids is 1. The van der Waals surface area contributed by atoms with Crippen molar-refractivity contribution in [1.82, 2.24) is 5.32 Å². The van der Waals surface area contributed by atoms with Gasteiger partial charge in [0.25, 0.3) is 5.91 Å². The van der Waals surface area contributed by atoms with Crippen LogP contribution in [-0.2, 0) is 15.9 Å². The van der Waals surface area contributed by atoms with Gasteiger partial charge in [-0.05, 0) is 50.2 Å². The molecule has 1 amide bonds. The van der Waals surface area contributed by atoms with Crippen LogP contribution in [0.3, 0.4) is 0 Å². The topological polar surface area (TPSA) is 47.6 Å². The molecule has 6 heteroatoms. The van der Waals surface area contributed by atoms with E-state index in [4.69, 9.17) is 9.31 Å². The molecule has 0 atom stereocenters. The van der Waals surface area contributed by atoms with Crippen molar-refractivity contribution < 1.29 is 14.1 Å². The molecule has 0 spiro atoms. The van der Waals surface area contributed by atoms with Crippen LogP contribution < -0.4 is 10.8 Å². The fourth-order valence-electron chi connectivity index (χ4n) is 2.44. The maximum atomic E-state index is 12.3. The molecule has 1 fully saturated rings. The van der Waals surface area contributed by atoms with Crippen LogP contribution in [0.15, 0.2) is 41.8 Å². The number of hydrogen-bond donors (Lipinski definition) is 1. The van der Waals surface area contributed by atoms with Crippen LogP contribution in [0.25, 0.3) is 0 Å². The largest absolute Gasteiger partial charge is 0.495 e. The second kappa shape index (κ2) is 6.35. The van der Waals surface area contributed by atoms with Crippen LogP contribution in [0.4, 0.5) is 0 Å². The number of hydrogen-bond acceptors (Lipinski definition) is 4. The molecule has 24 heavy (non-hydrogen) atoms. The Kier molecular flexibility index (Phi) is 4.55. The number of thiophene rings is 1. The predicted molar refractivity (Wildman–Crippen MR) is 97.6 cm³/mol. The minimum absolute atomic E-state index is 0.0772. The number of amides is 1. The van der Waals surface area contributed by atoms with Gasteiger partial charge in [-0.2, -0.15) is 0 Å². The van der Waals surface area contributed by atoms with Crippen molar-refractivity contribution in [3.8, 4) is 0 Å². The predicted octanol–water partition coefficient (Wildman–Crippen LogP) is 2.98. The van der Waals surface area contributed by atoms with E-state index >= 15 is 0 Å². The number of nitrogens with one attached hydrogen (secondary N) is 1. The van der Waals surface area contributed by atoms with Gasteiger partial charge in [-0.15, -0.1) is 11.3 Å². The molecule has 1 saturated heterocycles. The maximum absolute atomic E-state index is 12.3. The Balaban J connectivity index is 1.64. The van der Waals surface area contributed by atoms with Crippen LogP contribution >= 0.6 is 11.3 Å². The summed E-state index contributed by atoms with van der Waals surface area (Å²) in [6.07, 6.45) is 0. The molecule has 126 valence electrons. The molecule has 0 unspecified atom stereocenters. The van der Waals surface area contributed by atoms with Crippen molar-refractivity contribution in [2.75, 3.05) is 0 Å². The molecular weight excluding hydrogens is 321 g/mol. The SMILES string of the molecule is CC1(C)OB(c2csc(C(=O)NCc3ccccc3)c2)OC1(C)C. The lowest BCUT2D eigenvalue weighted by atomic mass is 9.81. The Hall–Kier alpha value is -1.63. The van der Waals surface area contributed by atoms with Gasteiger partial charge in [-0.1, -0.05) is 30.3 Å². The third-order valence-electron chi connectivity index (χ3n) is 4.66. The van der Waals surface area contributed by atoms with E-state index in [9.17, 15) is 4.79 Å². The second-order valence-corrected chi connectivity index (χ2v) is 7.91. The van der Waals surface area contributed by atoms with E-state index in [-0.39, 0.29) is 17.1 Å². The van der Waals surface area contributed by atoms with Gasteiger partial charge < -0.3 is 14.6 Å². The molecule has 0 saturated carbocycles. The molecule has 0 aliphatic carbocycles. The smallest absolute Gasteiger partial charge is 0.399 e. The van der Waals surface area contributed by atoms with Crippen LogP contribution in [0.5, 0.6) is 0 Å².